The van der Waals surface area contributed by atoms with E-state index in [1.54, 1.807) is 18.3 Å². The molecular formula is C18H19ClN4O4. The fourth-order valence-corrected chi connectivity index (χ4v) is 2.63. The van der Waals surface area contributed by atoms with Crippen LogP contribution in [0.15, 0.2) is 41.5 Å². The maximum absolute atomic E-state index is 12.1. The molecule has 0 N–H and O–H groups in total. The Morgan fingerprint density at radius 3 is 2.85 bits per heavy atom. The van der Waals surface area contributed by atoms with Crippen LogP contribution in [0.5, 0.6) is 5.88 Å². The molecule has 0 aliphatic rings. The normalized spacial score (nSPS) is 11.1. The molecule has 27 heavy (non-hydrogen) atoms. The molecule has 0 aliphatic carbocycles. The summed E-state index contributed by atoms with van der Waals surface area (Å²) >= 11 is 6.07. The third-order valence-corrected chi connectivity index (χ3v) is 3.90. The largest absolute Gasteiger partial charge is 0.474 e. The molecule has 0 saturated heterocycles. The van der Waals surface area contributed by atoms with Gasteiger partial charge in [0, 0.05) is 25.4 Å². The third kappa shape index (κ3) is 4.46. The molecule has 0 unspecified atom stereocenters. The van der Waals surface area contributed by atoms with Crippen LogP contribution in [-0.4, -0.2) is 37.8 Å². The summed E-state index contributed by atoms with van der Waals surface area (Å²) in [7, 11) is 0. The van der Waals surface area contributed by atoms with E-state index in [1.165, 1.54) is 21.3 Å². The topological polar surface area (TPSA) is 87.7 Å². The van der Waals surface area contributed by atoms with Crippen LogP contribution in [0.3, 0.4) is 0 Å². The molecule has 0 spiro atoms. The monoisotopic (exact) mass is 390 g/mol. The van der Waals surface area contributed by atoms with Gasteiger partial charge < -0.3 is 9.47 Å². The molecule has 3 rings (SSSR count). The number of carbonyl (C=O) groups excluding carboxylic acids is 1. The van der Waals surface area contributed by atoms with Crippen molar-refractivity contribution in [3.63, 3.8) is 0 Å². The first-order chi connectivity index (χ1) is 13.0. The second kappa shape index (κ2) is 8.22. The van der Waals surface area contributed by atoms with Crippen molar-refractivity contribution in [3.05, 3.63) is 57.7 Å². The molecule has 3 aromatic heterocycles. The minimum absolute atomic E-state index is 0.0733. The van der Waals surface area contributed by atoms with E-state index in [-0.39, 0.29) is 34.9 Å². The summed E-state index contributed by atoms with van der Waals surface area (Å²) < 4.78 is 13.4. The van der Waals surface area contributed by atoms with Crippen LogP contribution in [0.1, 0.15) is 30.6 Å². The zero-order chi connectivity index (χ0) is 19.4. The Morgan fingerprint density at radius 1 is 1.33 bits per heavy atom. The number of pyridine rings is 2. The highest BCUT2D eigenvalue weighted by Crippen LogP contribution is 2.23. The summed E-state index contributed by atoms with van der Waals surface area (Å²) in [5.41, 5.74) is 0.582. The summed E-state index contributed by atoms with van der Waals surface area (Å²) in [5.74, 6) is -0.266. The zero-order valence-corrected chi connectivity index (χ0v) is 15.7. The Hall–Kier alpha value is -2.87. The number of carbonyl (C=O) groups is 1. The first-order valence-electron chi connectivity index (χ1n) is 8.49. The van der Waals surface area contributed by atoms with Gasteiger partial charge in [-0.1, -0.05) is 17.7 Å². The van der Waals surface area contributed by atoms with Crippen LogP contribution in [0.25, 0.3) is 5.65 Å². The molecule has 3 aromatic rings. The highest BCUT2D eigenvalue weighted by Gasteiger charge is 2.13. The number of esters is 1. The van der Waals surface area contributed by atoms with Gasteiger partial charge >= 0.3 is 11.7 Å². The second-order valence-electron chi connectivity index (χ2n) is 6.10. The van der Waals surface area contributed by atoms with Crippen molar-refractivity contribution in [1.82, 2.24) is 19.2 Å². The number of fused-ring (bicyclic) bond motifs is 1. The van der Waals surface area contributed by atoms with E-state index in [1.807, 2.05) is 19.9 Å². The van der Waals surface area contributed by atoms with E-state index in [2.05, 4.69) is 10.1 Å². The first kappa shape index (κ1) is 18.9. The van der Waals surface area contributed by atoms with Gasteiger partial charge in [0.1, 0.15) is 5.02 Å². The first-order valence-corrected chi connectivity index (χ1v) is 8.87. The van der Waals surface area contributed by atoms with Crippen molar-refractivity contribution in [3.8, 4) is 5.88 Å². The minimum Gasteiger partial charge on any atom is -0.474 e. The van der Waals surface area contributed by atoms with Gasteiger partial charge in [0.15, 0.2) is 5.65 Å². The van der Waals surface area contributed by atoms with Crippen molar-refractivity contribution in [2.75, 3.05) is 6.61 Å². The Balaban J connectivity index is 1.54. The fourth-order valence-electron chi connectivity index (χ4n) is 2.42. The van der Waals surface area contributed by atoms with Crippen LogP contribution in [-0.2, 0) is 11.3 Å². The fraction of sp³-hybridized carbons (Fsp3) is 0.333. The molecule has 3 heterocycles. The average Bonchev–Trinajstić information content (AvgIpc) is 2.96. The van der Waals surface area contributed by atoms with Gasteiger partial charge in [0.2, 0.25) is 5.88 Å². The van der Waals surface area contributed by atoms with Gasteiger partial charge in [-0.25, -0.2) is 19.3 Å². The van der Waals surface area contributed by atoms with Crippen molar-refractivity contribution < 1.29 is 14.3 Å². The lowest BCUT2D eigenvalue weighted by Gasteiger charge is -2.10. The molecule has 0 saturated carbocycles. The highest BCUT2D eigenvalue weighted by molar-refractivity contribution is 6.32. The Bertz CT molecular complexity index is 1010. The molecule has 0 aliphatic heterocycles. The number of hydrogen-bond donors (Lipinski definition) is 0. The number of rotatable bonds is 7. The van der Waals surface area contributed by atoms with Gasteiger partial charge in [-0.3, -0.25) is 4.40 Å². The van der Waals surface area contributed by atoms with Crippen molar-refractivity contribution >= 4 is 23.2 Å². The van der Waals surface area contributed by atoms with Crippen molar-refractivity contribution in [2.45, 2.75) is 32.9 Å². The lowest BCUT2D eigenvalue weighted by Crippen LogP contribution is -2.22. The Morgan fingerprint density at radius 2 is 2.15 bits per heavy atom. The van der Waals surface area contributed by atoms with Crippen LogP contribution < -0.4 is 10.4 Å². The number of ether oxygens (including phenoxy) is 2. The van der Waals surface area contributed by atoms with E-state index in [0.717, 1.165) is 0 Å². The number of hydrogen-bond acceptors (Lipinski definition) is 6. The quantitative estimate of drug-likeness (QED) is 0.455. The number of aryl methyl sites for hydroxylation is 1. The van der Waals surface area contributed by atoms with Crippen LogP contribution >= 0.6 is 11.6 Å². The van der Waals surface area contributed by atoms with Crippen LogP contribution in [0, 0.1) is 0 Å². The predicted molar refractivity (Wildman–Crippen MR) is 99.4 cm³/mol. The van der Waals surface area contributed by atoms with Gasteiger partial charge in [-0.2, -0.15) is 0 Å². The number of halogens is 1. The SMILES string of the molecule is CC(C)Oc1ncc(C(=O)OCCCn2nc3ccccn3c2=O)cc1Cl. The van der Waals surface area contributed by atoms with Crippen LogP contribution in [0.4, 0.5) is 0 Å². The summed E-state index contributed by atoms with van der Waals surface area (Å²) in [6.45, 7) is 4.19. The standard InChI is InChI=1S/C18H19ClN4O4/c1-12(2)27-16-14(19)10-13(11-20-16)17(24)26-9-5-8-23-18(25)22-7-4-3-6-15(22)21-23/h3-4,6-7,10-12H,5,8-9H2,1-2H3. The zero-order valence-electron chi connectivity index (χ0n) is 15.0. The molecule has 0 bridgehead atoms. The molecular weight excluding hydrogens is 372 g/mol. The van der Waals surface area contributed by atoms with Gasteiger partial charge in [0.25, 0.3) is 0 Å². The summed E-state index contributed by atoms with van der Waals surface area (Å²) in [6, 6.07) is 6.78. The maximum Gasteiger partial charge on any atom is 0.350 e. The summed E-state index contributed by atoms with van der Waals surface area (Å²) in [5, 5.41) is 4.46. The van der Waals surface area contributed by atoms with Crippen molar-refractivity contribution in [1.29, 1.82) is 0 Å². The van der Waals surface area contributed by atoms with E-state index in [0.29, 0.717) is 18.6 Å². The van der Waals surface area contributed by atoms with E-state index >= 15 is 0 Å². The van der Waals surface area contributed by atoms with E-state index < -0.39 is 5.97 Å². The van der Waals surface area contributed by atoms with Crippen molar-refractivity contribution in [2.24, 2.45) is 0 Å². The lowest BCUT2D eigenvalue weighted by molar-refractivity contribution is 0.0494. The van der Waals surface area contributed by atoms with E-state index in [4.69, 9.17) is 21.1 Å². The maximum atomic E-state index is 12.1. The minimum atomic E-state index is -0.539. The molecule has 0 radical (unpaired) electrons. The second-order valence-corrected chi connectivity index (χ2v) is 6.51. The molecule has 0 fully saturated rings. The van der Waals surface area contributed by atoms with Gasteiger partial charge in [-0.15, -0.1) is 5.10 Å². The molecule has 8 nitrogen and oxygen atoms in total. The Kier molecular flexibility index (Phi) is 5.75. The average molecular weight is 391 g/mol. The molecule has 0 amide bonds. The predicted octanol–water partition coefficient (Wildman–Crippen LogP) is 2.58. The van der Waals surface area contributed by atoms with Gasteiger partial charge in [0.05, 0.1) is 18.3 Å². The number of nitrogens with zero attached hydrogens (tertiary/aromatic N) is 4. The van der Waals surface area contributed by atoms with Gasteiger partial charge in [-0.05, 0) is 32.0 Å². The highest BCUT2D eigenvalue weighted by atomic mass is 35.5. The Labute approximate surface area is 160 Å². The molecule has 0 atom stereocenters. The molecule has 9 heteroatoms. The van der Waals surface area contributed by atoms with Crippen LogP contribution in [0.2, 0.25) is 5.02 Å². The number of aromatic nitrogens is 4. The molecule has 0 aromatic carbocycles. The molecule has 142 valence electrons. The smallest absolute Gasteiger partial charge is 0.350 e. The third-order valence-electron chi connectivity index (χ3n) is 3.63. The lowest BCUT2D eigenvalue weighted by atomic mass is 10.3. The van der Waals surface area contributed by atoms with E-state index in [9.17, 15) is 9.59 Å². The summed E-state index contributed by atoms with van der Waals surface area (Å²) in [6.07, 6.45) is 3.39. The summed E-state index contributed by atoms with van der Waals surface area (Å²) in [4.78, 5) is 28.3.